The Labute approximate surface area is 88.0 Å². The molecule has 0 spiro atoms. The van der Waals surface area contributed by atoms with Gasteiger partial charge in [0.05, 0.1) is 6.61 Å². The molecule has 0 N–H and O–H groups in total. The van der Waals surface area contributed by atoms with E-state index in [1.54, 1.807) is 6.07 Å². The van der Waals surface area contributed by atoms with Gasteiger partial charge in [-0.3, -0.25) is 0 Å². The molecule has 80 valence electrons. The van der Waals surface area contributed by atoms with Crippen molar-refractivity contribution in [1.29, 1.82) is 0 Å². The summed E-state index contributed by atoms with van der Waals surface area (Å²) in [5, 5.41) is 11.5. The average molecular weight is 207 g/mol. The van der Waals surface area contributed by atoms with E-state index >= 15 is 0 Å². The molecule has 0 bridgehead atoms. The summed E-state index contributed by atoms with van der Waals surface area (Å²) in [5.41, 5.74) is 0.740. The number of aromatic nitrogens is 1. The maximum Gasteiger partial charge on any atom is 0.235 e. The first kappa shape index (κ1) is 8.97. The molecular weight excluding hydrogens is 194 g/mol. The van der Waals surface area contributed by atoms with Crippen molar-refractivity contribution < 1.29 is 14.2 Å². The predicted octanol–water partition coefficient (Wildman–Crippen LogP) is 1.01. The van der Waals surface area contributed by atoms with Crippen LogP contribution in [0.25, 0.3) is 0 Å². The molecule has 0 unspecified atom stereocenters. The molecule has 3 rings (SSSR count). The van der Waals surface area contributed by atoms with E-state index < -0.39 is 0 Å². The number of pyridine rings is 1. The number of hydrogen-bond acceptors (Lipinski definition) is 3. The summed E-state index contributed by atoms with van der Waals surface area (Å²) in [6.07, 6.45) is 4.29. The highest BCUT2D eigenvalue weighted by Gasteiger charge is 2.36. The summed E-state index contributed by atoms with van der Waals surface area (Å²) in [6, 6.07) is 3.53. The molecule has 2 aliphatic rings. The van der Waals surface area contributed by atoms with Gasteiger partial charge in [0.1, 0.15) is 0 Å². The Morgan fingerprint density at radius 1 is 1.47 bits per heavy atom. The fourth-order valence-corrected chi connectivity index (χ4v) is 2.32. The monoisotopic (exact) mass is 207 g/mol. The maximum atomic E-state index is 11.5. The topological polar surface area (TPSA) is 45.4 Å². The lowest BCUT2D eigenvalue weighted by Gasteiger charge is -2.34. The molecule has 2 atom stereocenters. The van der Waals surface area contributed by atoms with Crippen LogP contribution in [0.4, 0.5) is 0 Å². The second-order valence-electron chi connectivity index (χ2n) is 4.11. The number of hydrogen-bond donors (Lipinski definition) is 0. The van der Waals surface area contributed by atoms with Gasteiger partial charge in [0.2, 0.25) is 12.0 Å². The summed E-state index contributed by atoms with van der Waals surface area (Å²) in [5.74, 6) is 1.02. The zero-order chi connectivity index (χ0) is 10.3. The van der Waals surface area contributed by atoms with Crippen molar-refractivity contribution in [1.82, 2.24) is 0 Å². The maximum absolute atomic E-state index is 11.5. The van der Waals surface area contributed by atoms with Crippen molar-refractivity contribution in [3.05, 3.63) is 29.2 Å². The van der Waals surface area contributed by atoms with Crippen LogP contribution in [0.15, 0.2) is 18.3 Å². The van der Waals surface area contributed by atoms with E-state index in [0.717, 1.165) is 36.3 Å². The molecule has 1 fully saturated rings. The van der Waals surface area contributed by atoms with Crippen LogP contribution in [0.5, 0.6) is 5.75 Å². The Bertz CT molecular complexity index is 380. The van der Waals surface area contributed by atoms with Crippen molar-refractivity contribution in [2.24, 2.45) is 5.92 Å². The smallest absolute Gasteiger partial charge is 0.235 e. The Balaban J connectivity index is 1.95. The fourth-order valence-electron chi connectivity index (χ4n) is 2.32. The molecule has 0 saturated carbocycles. The third kappa shape index (κ3) is 1.45. The number of ether oxygens (including phenoxy) is 2. The predicted molar refractivity (Wildman–Crippen MR) is 52.2 cm³/mol. The third-order valence-corrected chi connectivity index (χ3v) is 3.10. The molecule has 1 saturated heterocycles. The molecule has 0 aliphatic carbocycles. The van der Waals surface area contributed by atoms with E-state index in [2.05, 4.69) is 0 Å². The summed E-state index contributed by atoms with van der Waals surface area (Å²) >= 11 is 0. The minimum absolute atomic E-state index is 0.145. The lowest BCUT2D eigenvalue weighted by molar-refractivity contribution is -0.616. The molecule has 15 heavy (non-hydrogen) atoms. The van der Waals surface area contributed by atoms with E-state index in [1.807, 2.05) is 6.07 Å². The van der Waals surface area contributed by atoms with Gasteiger partial charge in [-0.1, -0.05) is 0 Å². The van der Waals surface area contributed by atoms with Gasteiger partial charge in [0, 0.05) is 18.4 Å². The highest BCUT2D eigenvalue weighted by molar-refractivity contribution is 5.26. The van der Waals surface area contributed by atoms with Crippen molar-refractivity contribution >= 4 is 0 Å². The van der Waals surface area contributed by atoms with Gasteiger partial charge in [0.25, 0.3) is 0 Å². The van der Waals surface area contributed by atoms with Gasteiger partial charge < -0.3 is 14.7 Å². The summed E-state index contributed by atoms with van der Waals surface area (Å²) in [7, 11) is 0. The van der Waals surface area contributed by atoms with Gasteiger partial charge in [-0.2, -0.15) is 4.73 Å². The SMILES string of the molecule is [O-][n+]1cccc2c1C[C@H]1CCCO[C@@H]1O2. The van der Waals surface area contributed by atoms with Gasteiger partial charge in [-0.05, 0) is 18.9 Å². The Morgan fingerprint density at radius 3 is 3.33 bits per heavy atom. The normalized spacial score (nSPS) is 28.8. The number of nitrogens with zero attached hydrogens (tertiary/aromatic N) is 1. The second-order valence-corrected chi connectivity index (χ2v) is 4.11. The first-order valence-electron chi connectivity index (χ1n) is 5.34. The summed E-state index contributed by atoms with van der Waals surface area (Å²) in [6.45, 7) is 0.765. The molecule has 1 aromatic rings. The Kier molecular flexibility index (Phi) is 2.02. The van der Waals surface area contributed by atoms with Gasteiger partial charge in [0.15, 0.2) is 11.9 Å². The molecule has 3 heterocycles. The minimum atomic E-state index is -0.145. The quantitative estimate of drug-likeness (QED) is 0.471. The molecule has 1 aromatic heterocycles. The fraction of sp³-hybridized carbons (Fsp3) is 0.545. The number of rotatable bonds is 0. The average Bonchev–Trinajstić information content (AvgIpc) is 2.27. The standard InChI is InChI=1S/C11H13NO3/c13-12-5-1-4-10-9(12)7-8-3-2-6-14-11(8)15-10/h1,4-5,8,11H,2-3,6-7H2/t8-,11-/m1/s1. The zero-order valence-corrected chi connectivity index (χ0v) is 8.39. The van der Waals surface area contributed by atoms with Gasteiger partial charge >= 0.3 is 0 Å². The van der Waals surface area contributed by atoms with Crippen molar-refractivity contribution in [3.8, 4) is 5.75 Å². The molecular formula is C11H13NO3. The van der Waals surface area contributed by atoms with Gasteiger partial charge in [-0.25, -0.2) is 0 Å². The lowest BCUT2D eigenvalue weighted by atomic mass is 9.92. The Hall–Kier alpha value is -1.29. The number of fused-ring (bicyclic) bond motifs is 2. The lowest BCUT2D eigenvalue weighted by Crippen LogP contribution is -2.44. The largest absolute Gasteiger partial charge is 0.618 e. The van der Waals surface area contributed by atoms with Crippen LogP contribution in [0.3, 0.4) is 0 Å². The summed E-state index contributed by atoms with van der Waals surface area (Å²) < 4.78 is 12.1. The Morgan fingerprint density at radius 2 is 2.40 bits per heavy atom. The first-order chi connectivity index (χ1) is 7.34. The van der Waals surface area contributed by atoms with Crippen LogP contribution in [0.1, 0.15) is 18.5 Å². The molecule has 0 aromatic carbocycles. The van der Waals surface area contributed by atoms with Crippen LogP contribution >= 0.6 is 0 Å². The van der Waals surface area contributed by atoms with Crippen LogP contribution in [0.2, 0.25) is 0 Å². The van der Waals surface area contributed by atoms with E-state index in [-0.39, 0.29) is 6.29 Å². The van der Waals surface area contributed by atoms with Gasteiger partial charge in [-0.15, -0.1) is 0 Å². The van der Waals surface area contributed by atoms with Crippen LogP contribution in [0, 0.1) is 11.1 Å². The second kappa shape index (κ2) is 3.38. The van der Waals surface area contributed by atoms with Crippen LogP contribution < -0.4 is 9.47 Å². The van der Waals surface area contributed by atoms with E-state index in [0.29, 0.717) is 11.7 Å². The van der Waals surface area contributed by atoms with E-state index in [9.17, 15) is 5.21 Å². The summed E-state index contributed by atoms with van der Waals surface area (Å²) in [4.78, 5) is 0. The first-order valence-corrected chi connectivity index (χ1v) is 5.34. The van der Waals surface area contributed by atoms with Crippen molar-refractivity contribution in [2.75, 3.05) is 6.61 Å². The third-order valence-electron chi connectivity index (χ3n) is 3.10. The minimum Gasteiger partial charge on any atom is -0.618 e. The highest BCUT2D eigenvalue weighted by atomic mass is 16.7. The van der Waals surface area contributed by atoms with E-state index in [1.165, 1.54) is 6.20 Å². The molecule has 4 heteroatoms. The van der Waals surface area contributed by atoms with Crippen molar-refractivity contribution in [2.45, 2.75) is 25.6 Å². The molecule has 4 nitrogen and oxygen atoms in total. The molecule has 0 amide bonds. The van der Waals surface area contributed by atoms with E-state index in [4.69, 9.17) is 9.47 Å². The van der Waals surface area contributed by atoms with Crippen LogP contribution in [-0.4, -0.2) is 12.9 Å². The van der Waals surface area contributed by atoms with Crippen molar-refractivity contribution in [3.63, 3.8) is 0 Å². The van der Waals surface area contributed by atoms with Crippen LogP contribution in [-0.2, 0) is 11.2 Å². The highest BCUT2D eigenvalue weighted by Crippen LogP contribution is 2.33. The molecule has 2 aliphatic heterocycles. The molecule has 0 radical (unpaired) electrons. The zero-order valence-electron chi connectivity index (χ0n) is 8.39.